The highest BCUT2D eigenvalue weighted by molar-refractivity contribution is 5.80. The first-order chi connectivity index (χ1) is 8.25. The summed E-state index contributed by atoms with van der Waals surface area (Å²) < 4.78 is 0. The van der Waals surface area contributed by atoms with E-state index in [0.717, 1.165) is 6.54 Å². The Hall–Kier alpha value is -0.530. The quantitative estimate of drug-likeness (QED) is 0.746. The number of carbonyl (C=O) groups excluding carboxylic acids is 1. The standard InChI is InChI=1S/C16H31NO/c1-10(2)9-17-13(7)8-14(11(3)4)15(12(5)6)16(17)18/h10-15H,8-9H2,1-7H3. The number of amides is 1. The molecule has 1 amide bonds. The van der Waals surface area contributed by atoms with E-state index in [4.69, 9.17) is 0 Å². The maximum absolute atomic E-state index is 12.8. The van der Waals surface area contributed by atoms with E-state index in [2.05, 4.69) is 53.4 Å². The molecule has 0 radical (unpaired) electrons. The van der Waals surface area contributed by atoms with Gasteiger partial charge in [0.05, 0.1) is 0 Å². The molecule has 0 aliphatic carbocycles. The fourth-order valence-electron chi connectivity index (χ4n) is 3.39. The van der Waals surface area contributed by atoms with Crippen LogP contribution >= 0.6 is 0 Å². The summed E-state index contributed by atoms with van der Waals surface area (Å²) in [5.41, 5.74) is 0. The smallest absolute Gasteiger partial charge is 0.226 e. The molecule has 1 aliphatic rings. The van der Waals surface area contributed by atoms with E-state index in [1.165, 1.54) is 6.42 Å². The summed E-state index contributed by atoms with van der Waals surface area (Å²) in [6, 6.07) is 0.405. The predicted octanol–water partition coefficient (Wildman–Crippen LogP) is 3.81. The Bertz CT molecular complexity index is 283. The lowest BCUT2D eigenvalue weighted by atomic mass is 9.70. The molecule has 0 aromatic heterocycles. The Kier molecular flexibility index (Phi) is 5.24. The van der Waals surface area contributed by atoms with Crippen molar-refractivity contribution < 1.29 is 4.79 Å². The van der Waals surface area contributed by atoms with Crippen LogP contribution in [0.3, 0.4) is 0 Å². The summed E-state index contributed by atoms with van der Waals surface area (Å²) in [5.74, 6) is 2.78. The molecule has 0 saturated carbocycles. The van der Waals surface area contributed by atoms with Crippen LogP contribution in [-0.4, -0.2) is 23.4 Å². The Morgan fingerprint density at radius 2 is 1.67 bits per heavy atom. The molecule has 18 heavy (non-hydrogen) atoms. The van der Waals surface area contributed by atoms with Gasteiger partial charge in [0.25, 0.3) is 0 Å². The van der Waals surface area contributed by atoms with Gasteiger partial charge < -0.3 is 4.90 Å². The van der Waals surface area contributed by atoms with Crippen molar-refractivity contribution in [3.63, 3.8) is 0 Å². The molecule has 1 aliphatic heterocycles. The maximum atomic E-state index is 12.8. The molecule has 0 bridgehead atoms. The number of carbonyl (C=O) groups is 1. The molecule has 1 fully saturated rings. The van der Waals surface area contributed by atoms with Gasteiger partial charge in [0.2, 0.25) is 5.91 Å². The van der Waals surface area contributed by atoms with Gasteiger partial charge in [-0.05, 0) is 37.0 Å². The summed E-state index contributed by atoms with van der Waals surface area (Å²) in [4.78, 5) is 14.9. The van der Waals surface area contributed by atoms with Crippen LogP contribution in [-0.2, 0) is 4.79 Å². The molecule has 1 saturated heterocycles. The fourth-order valence-corrected chi connectivity index (χ4v) is 3.39. The first-order valence-corrected chi connectivity index (χ1v) is 7.56. The third kappa shape index (κ3) is 3.27. The molecule has 106 valence electrons. The first kappa shape index (κ1) is 15.5. The third-order valence-electron chi connectivity index (χ3n) is 4.31. The molecule has 0 aromatic rings. The lowest BCUT2D eigenvalue weighted by Crippen LogP contribution is -2.53. The van der Waals surface area contributed by atoms with Gasteiger partial charge in [-0.15, -0.1) is 0 Å². The molecule has 3 atom stereocenters. The van der Waals surface area contributed by atoms with E-state index in [-0.39, 0.29) is 5.92 Å². The minimum Gasteiger partial charge on any atom is -0.339 e. The predicted molar refractivity (Wildman–Crippen MR) is 77.3 cm³/mol. The highest BCUT2D eigenvalue weighted by atomic mass is 16.2. The van der Waals surface area contributed by atoms with E-state index in [0.29, 0.717) is 35.6 Å². The van der Waals surface area contributed by atoms with Crippen LogP contribution in [0, 0.1) is 29.6 Å². The topological polar surface area (TPSA) is 20.3 Å². The molecule has 2 nitrogen and oxygen atoms in total. The van der Waals surface area contributed by atoms with Crippen molar-refractivity contribution in [3.05, 3.63) is 0 Å². The van der Waals surface area contributed by atoms with Crippen LogP contribution in [0.15, 0.2) is 0 Å². The first-order valence-electron chi connectivity index (χ1n) is 7.56. The Morgan fingerprint density at radius 3 is 2.06 bits per heavy atom. The second-order valence-electron chi connectivity index (χ2n) is 7.15. The van der Waals surface area contributed by atoms with Crippen molar-refractivity contribution in [3.8, 4) is 0 Å². The number of hydrogen-bond donors (Lipinski definition) is 0. The fraction of sp³-hybridized carbons (Fsp3) is 0.938. The van der Waals surface area contributed by atoms with Gasteiger partial charge in [-0.1, -0.05) is 41.5 Å². The Morgan fingerprint density at radius 1 is 1.11 bits per heavy atom. The molecule has 0 N–H and O–H groups in total. The van der Waals surface area contributed by atoms with Crippen molar-refractivity contribution in [2.45, 2.75) is 60.9 Å². The number of nitrogens with zero attached hydrogens (tertiary/aromatic N) is 1. The number of likely N-dealkylation sites (tertiary alicyclic amines) is 1. The van der Waals surface area contributed by atoms with Crippen LogP contribution in [0.4, 0.5) is 0 Å². The molecule has 1 rings (SSSR count). The van der Waals surface area contributed by atoms with Gasteiger partial charge in [-0.2, -0.15) is 0 Å². The second kappa shape index (κ2) is 6.08. The summed E-state index contributed by atoms with van der Waals surface area (Å²) in [6.45, 7) is 16.4. The molecule has 0 aromatic carbocycles. The summed E-state index contributed by atoms with van der Waals surface area (Å²) in [7, 11) is 0. The van der Waals surface area contributed by atoms with Gasteiger partial charge in [-0.25, -0.2) is 0 Å². The highest BCUT2D eigenvalue weighted by Gasteiger charge is 2.42. The van der Waals surface area contributed by atoms with Gasteiger partial charge >= 0.3 is 0 Å². The zero-order valence-corrected chi connectivity index (χ0v) is 13.2. The molecular formula is C16H31NO. The molecule has 0 spiro atoms. The van der Waals surface area contributed by atoms with E-state index in [9.17, 15) is 4.79 Å². The Labute approximate surface area is 113 Å². The minimum atomic E-state index is 0.222. The van der Waals surface area contributed by atoms with Gasteiger partial charge in [-0.3, -0.25) is 4.79 Å². The van der Waals surface area contributed by atoms with Crippen molar-refractivity contribution in [1.82, 2.24) is 4.90 Å². The van der Waals surface area contributed by atoms with Crippen molar-refractivity contribution in [2.75, 3.05) is 6.54 Å². The van der Waals surface area contributed by atoms with E-state index >= 15 is 0 Å². The average Bonchev–Trinajstić information content (AvgIpc) is 2.22. The van der Waals surface area contributed by atoms with Crippen molar-refractivity contribution >= 4 is 5.91 Å². The molecule has 1 heterocycles. The number of rotatable bonds is 4. The van der Waals surface area contributed by atoms with Crippen LogP contribution in [0.25, 0.3) is 0 Å². The molecular weight excluding hydrogens is 222 g/mol. The van der Waals surface area contributed by atoms with Crippen molar-refractivity contribution in [1.29, 1.82) is 0 Å². The second-order valence-corrected chi connectivity index (χ2v) is 7.15. The average molecular weight is 253 g/mol. The zero-order chi connectivity index (χ0) is 14.0. The van der Waals surface area contributed by atoms with E-state index in [1.54, 1.807) is 0 Å². The number of hydrogen-bond acceptors (Lipinski definition) is 1. The highest BCUT2D eigenvalue weighted by Crippen LogP contribution is 2.38. The van der Waals surface area contributed by atoms with Crippen LogP contribution < -0.4 is 0 Å². The van der Waals surface area contributed by atoms with Crippen LogP contribution in [0.5, 0.6) is 0 Å². The largest absolute Gasteiger partial charge is 0.339 e. The summed E-state index contributed by atoms with van der Waals surface area (Å²) in [5, 5.41) is 0. The lowest BCUT2D eigenvalue weighted by Gasteiger charge is -2.46. The normalized spacial score (nSPS) is 29.8. The van der Waals surface area contributed by atoms with Crippen LogP contribution in [0.1, 0.15) is 54.9 Å². The van der Waals surface area contributed by atoms with Crippen molar-refractivity contribution in [2.24, 2.45) is 29.6 Å². The van der Waals surface area contributed by atoms with Crippen LogP contribution in [0.2, 0.25) is 0 Å². The third-order valence-corrected chi connectivity index (χ3v) is 4.31. The summed E-state index contributed by atoms with van der Waals surface area (Å²) in [6.07, 6.45) is 1.17. The SMILES string of the molecule is CC(C)CN1C(=O)C(C(C)C)C(C(C)C)CC1C. The number of piperidine rings is 1. The summed E-state index contributed by atoms with van der Waals surface area (Å²) >= 11 is 0. The maximum Gasteiger partial charge on any atom is 0.226 e. The molecule has 2 heteroatoms. The lowest BCUT2D eigenvalue weighted by molar-refractivity contribution is -0.149. The zero-order valence-electron chi connectivity index (χ0n) is 13.2. The van der Waals surface area contributed by atoms with Gasteiger partial charge in [0, 0.05) is 18.5 Å². The van der Waals surface area contributed by atoms with Gasteiger partial charge in [0.1, 0.15) is 0 Å². The monoisotopic (exact) mass is 253 g/mol. The van der Waals surface area contributed by atoms with E-state index < -0.39 is 0 Å². The minimum absolute atomic E-state index is 0.222. The van der Waals surface area contributed by atoms with E-state index in [1.807, 2.05) is 0 Å². The van der Waals surface area contributed by atoms with Gasteiger partial charge in [0.15, 0.2) is 0 Å². The Balaban J connectivity index is 2.93. The molecule has 3 unspecified atom stereocenters.